The fraction of sp³-hybridized carbons (Fsp3) is 0.438. The second-order valence-corrected chi connectivity index (χ2v) is 8.14. The zero-order valence-electron chi connectivity index (χ0n) is 13.7. The molecule has 8 heteroatoms. The maximum atomic E-state index is 12.7. The first-order valence-electron chi connectivity index (χ1n) is 7.78. The Morgan fingerprint density at radius 3 is 2.67 bits per heavy atom. The highest BCUT2D eigenvalue weighted by molar-refractivity contribution is 7.88. The zero-order valence-corrected chi connectivity index (χ0v) is 14.5. The van der Waals surface area contributed by atoms with Crippen LogP contribution >= 0.6 is 0 Å². The highest BCUT2D eigenvalue weighted by Gasteiger charge is 2.29. The molecular formula is C16H20N4O3S. The van der Waals surface area contributed by atoms with Gasteiger partial charge in [0.1, 0.15) is 0 Å². The first-order chi connectivity index (χ1) is 11.4. The van der Waals surface area contributed by atoms with Gasteiger partial charge in [-0.3, -0.25) is 14.8 Å². The minimum atomic E-state index is -3.20. The monoisotopic (exact) mass is 348 g/mol. The van der Waals surface area contributed by atoms with E-state index in [0.29, 0.717) is 31.5 Å². The summed E-state index contributed by atoms with van der Waals surface area (Å²) >= 11 is 0. The predicted molar refractivity (Wildman–Crippen MR) is 91.1 cm³/mol. The SMILES string of the molecule is CN(C1CCN(C(=O)c2cnc3cnccc3c2)CC1)S(C)(=O)=O. The summed E-state index contributed by atoms with van der Waals surface area (Å²) in [5.74, 6) is -0.0679. The van der Waals surface area contributed by atoms with Crippen LogP contribution in [0.1, 0.15) is 23.2 Å². The van der Waals surface area contributed by atoms with Gasteiger partial charge in [0, 0.05) is 44.0 Å². The van der Waals surface area contributed by atoms with Crippen molar-refractivity contribution in [2.45, 2.75) is 18.9 Å². The summed E-state index contributed by atoms with van der Waals surface area (Å²) < 4.78 is 24.6. The molecule has 0 bridgehead atoms. The van der Waals surface area contributed by atoms with E-state index in [0.717, 1.165) is 10.9 Å². The molecule has 3 rings (SSSR count). The normalized spacial score (nSPS) is 16.7. The van der Waals surface area contributed by atoms with E-state index in [-0.39, 0.29) is 11.9 Å². The van der Waals surface area contributed by atoms with Crippen LogP contribution in [0.5, 0.6) is 0 Å². The number of sulfonamides is 1. The third-order valence-corrected chi connectivity index (χ3v) is 5.87. The molecule has 0 saturated carbocycles. The topological polar surface area (TPSA) is 83.5 Å². The van der Waals surface area contributed by atoms with Crippen molar-refractivity contribution in [3.8, 4) is 0 Å². The van der Waals surface area contributed by atoms with Crippen LogP contribution in [0.25, 0.3) is 10.9 Å². The number of carbonyl (C=O) groups excluding carboxylic acids is 1. The first kappa shape index (κ1) is 16.8. The molecule has 128 valence electrons. The predicted octanol–water partition coefficient (Wildman–Crippen LogP) is 1.13. The molecule has 0 N–H and O–H groups in total. The van der Waals surface area contributed by atoms with E-state index in [1.54, 1.807) is 30.5 Å². The van der Waals surface area contributed by atoms with Crippen molar-refractivity contribution in [2.75, 3.05) is 26.4 Å². The van der Waals surface area contributed by atoms with Crippen LogP contribution in [0, 0.1) is 0 Å². The minimum Gasteiger partial charge on any atom is -0.338 e. The Kier molecular flexibility index (Phi) is 4.51. The van der Waals surface area contributed by atoms with E-state index >= 15 is 0 Å². The highest BCUT2D eigenvalue weighted by Crippen LogP contribution is 2.20. The number of amides is 1. The largest absolute Gasteiger partial charge is 0.338 e. The summed E-state index contributed by atoms with van der Waals surface area (Å²) in [5.41, 5.74) is 1.30. The van der Waals surface area contributed by atoms with Crippen molar-refractivity contribution < 1.29 is 13.2 Å². The molecule has 3 heterocycles. The lowest BCUT2D eigenvalue weighted by Gasteiger charge is -2.35. The summed E-state index contributed by atoms with van der Waals surface area (Å²) in [4.78, 5) is 22.7. The van der Waals surface area contributed by atoms with E-state index in [4.69, 9.17) is 0 Å². The van der Waals surface area contributed by atoms with Crippen LogP contribution in [-0.2, 0) is 10.0 Å². The number of hydrogen-bond acceptors (Lipinski definition) is 5. The molecule has 1 aliphatic heterocycles. The third-order valence-electron chi connectivity index (χ3n) is 4.52. The molecule has 0 spiro atoms. The molecule has 1 aliphatic rings. The Bertz CT molecular complexity index is 861. The van der Waals surface area contributed by atoms with Crippen molar-refractivity contribution in [2.24, 2.45) is 0 Å². The molecule has 0 atom stereocenters. The Hall–Kier alpha value is -2.06. The number of hydrogen-bond donors (Lipinski definition) is 0. The van der Waals surface area contributed by atoms with Gasteiger partial charge in [-0.15, -0.1) is 0 Å². The van der Waals surface area contributed by atoms with Gasteiger partial charge in [0.25, 0.3) is 5.91 Å². The van der Waals surface area contributed by atoms with Crippen LogP contribution in [-0.4, -0.2) is 65.9 Å². The molecule has 2 aromatic rings. The number of aromatic nitrogens is 2. The summed E-state index contributed by atoms with van der Waals surface area (Å²) in [6.45, 7) is 1.08. The fourth-order valence-electron chi connectivity index (χ4n) is 2.97. The quantitative estimate of drug-likeness (QED) is 0.830. The van der Waals surface area contributed by atoms with E-state index in [1.807, 2.05) is 12.1 Å². The van der Waals surface area contributed by atoms with Crippen molar-refractivity contribution in [3.63, 3.8) is 0 Å². The second kappa shape index (κ2) is 6.45. The molecular weight excluding hydrogens is 328 g/mol. The van der Waals surface area contributed by atoms with Crippen LogP contribution in [0.2, 0.25) is 0 Å². The molecule has 0 unspecified atom stereocenters. The minimum absolute atomic E-state index is 0.0511. The summed E-state index contributed by atoms with van der Waals surface area (Å²) in [6, 6.07) is 3.60. The van der Waals surface area contributed by atoms with Gasteiger partial charge in [-0.05, 0) is 25.0 Å². The second-order valence-electron chi connectivity index (χ2n) is 6.09. The summed E-state index contributed by atoms with van der Waals surface area (Å²) in [5, 5.41) is 0.877. The van der Waals surface area contributed by atoms with Gasteiger partial charge < -0.3 is 4.90 Å². The molecule has 1 saturated heterocycles. The van der Waals surface area contributed by atoms with Crippen LogP contribution in [0.15, 0.2) is 30.7 Å². The Morgan fingerprint density at radius 2 is 2.00 bits per heavy atom. The lowest BCUT2D eigenvalue weighted by Crippen LogP contribution is -2.47. The molecule has 7 nitrogen and oxygen atoms in total. The van der Waals surface area contributed by atoms with E-state index in [1.165, 1.54) is 10.6 Å². The van der Waals surface area contributed by atoms with Crippen LogP contribution in [0.3, 0.4) is 0 Å². The maximum Gasteiger partial charge on any atom is 0.255 e. The number of rotatable bonds is 3. The number of nitrogens with zero attached hydrogens (tertiary/aromatic N) is 4. The molecule has 0 aliphatic carbocycles. The van der Waals surface area contributed by atoms with Crippen molar-refractivity contribution in [3.05, 3.63) is 36.3 Å². The molecule has 0 aromatic carbocycles. The highest BCUT2D eigenvalue weighted by atomic mass is 32.2. The Balaban J connectivity index is 1.70. The van der Waals surface area contributed by atoms with Gasteiger partial charge in [-0.2, -0.15) is 0 Å². The molecule has 24 heavy (non-hydrogen) atoms. The first-order valence-corrected chi connectivity index (χ1v) is 9.63. The van der Waals surface area contributed by atoms with Gasteiger partial charge in [-0.25, -0.2) is 12.7 Å². The maximum absolute atomic E-state index is 12.7. The smallest absolute Gasteiger partial charge is 0.255 e. The fourth-order valence-corrected chi connectivity index (χ4v) is 3.73. The third kappa shape index (κ3) is 3.39. The standard InChI is InChI=1S/C16H20N4O3S/c1-19(24(2,22)23)14-4-7-20(8-5-14)16(21)13-9-12-3-6-17-11-15(12)18-10-13/h3,6,9-11,14H,4-5,7-8H2,1-2H3. The molecule has 1 amide bonds. The summed E-state index contributed by atoms with van der Waals surface area (Å²) in [6.07, 6.45) is 7.39. The number of piperidine rings is 1. The lowest BCUT2D eigenvalue weighted by atomic mass is 10.0. The molecule has 0 radical (unpaired) electrons. The molecule has 1 fully saturated rings. The van der Waals surface area contributed by atoms with E-state index in [9.17, 15) is 13.2 Å². The number of carbonyl (C=O) groups is 1. The van der Waals surface area contributed by atoms with Crippen molar-refractivity contribution in [1.82, 2.24) is 19.2 Å². The van der Waals surface area contributed by atoms with Gasteiger partial charge in [0.2, 0.25) is 10.0 Å². The number of pyridine rings is 2. The van der Waals surface area contributed by atoms with Gasteiger partial charge >= 0.3 is 0 Å². The number of fused-ring (bicyclic) bond motifs is 1. The van der Waals surface area contributed by atoms with Gasteiger partial charge in [-0.1, -0.05) is 0 Å². The van der Waals surface area contributed by atoms with Gasteiger partial charge in [0.15, 0.2) is 0 Å². The Labute approximate surface area is 141 Å². The van der Waals surface area contributed by atoms with Crippen molar-refractivity contribution in [1.29, 1.82) is 0 Å². The van der Waals surface area contributed by atoms with Crippen molar-refractivity contribution >= 4 is 26.8 Å². The average molecular weight is 348 g/mol. The van der Waals surface area contributed by atoms with Crippen LogP contribution < -0.4 is 0 Å². The van der Waals surface area contributed by atoms with Gasteiger partial charge in [0.05, 0.1) is 23.5 Å². The Morgan fingerprint density at radius 1 is 1.29 bits per heavy atom. The lowest BCUT2D eigenvalue weighted by molar-refractivity contribution is 0.0686. The number of likely N-dealkylation sites (tertiary alicyclic amines) is 1. The van der Waals surface area contributed by atoms with E-state index in [2.05, 4.69) is 9.97 Å². The average Bonchev–Trinajstić information content (AvgIpc) is 2.59. The molecule has 2 aromatic heterocycles. The zero-order chi connectivity index (χ0) is 17.3. The summed E-state index contributed by atoms with van der Waals surface area (Å²) in [7, 11) is -1.61. The van der Waals surface area contributed by atoms with Crippen LogP contribution in [0.4, 0.5) is 0 Å². The van der Waals surface area contributed by atoms with E-state index < -0.39 is 10.0 Å².